The number of nitro groups is 1. The Bertz CT molecular complexity index is 717. The van der Waals surface area contributed by atoms with E-state index in [-0.39, 0.29) is 29.8 Å². The number of benzene rings is 1. The van der Waals surface area contributed by atoms with Gasteiger partial charge in [-0.15, -0.1) is 0 Å². The molecule has 0 spiro atoms. The van der Waals surface area contributed by atoms with Crippen molar-refractivity contribution in [3.8, 4) is 5.75 Å². The number of ether oxygens (including phenoxy) is 1. The van der Waals surface area contributed by atoms with Gasteiger partial charge in [0.2, 0.25) is 15.9 Å². The molecule has 1 amide bonds. The summed E-state index contributed by atoms with van der Waals surface area (Å²) in [5.41, 5.74) is -0.457. The highest BCUT2D eigenvalue weighted by molar-refractivity contribution is 7.89. The summed E-state index contributed by atoms with van der Waals surface area (Å²) in [6.07, 6.45) is 0. The maximum atomic E-state index is 12.6. The molecule has 1 aromatic rings. The van der Waals surface area contributed by atoms with E-state index in [1.807, 2.05) is 0 Å². The van der Waals surface area contributed by atoms with E-state index in [9.17, 15) is 23.3 Å². The van der Waals surface area contributed by atoms with Crippen molar-refractivity contribution in [2.75, 3.05) is 20.2 Å². The van der Waals surface area contributed by atoms with E-state index < -0.39 is 26.5 Å². The van der Waals surface area contributed by atoms with E-state index in [1.165, 1.54) is 19.2 Å². The molecule has 0 aromatic heterocycles. The number of hydrogen-bond donors (Lipinski definition) is 1. The summed E-state index contributed by atoms with van der Waals surface area (Å²) in [6.45, 7) is 4.79. The minimum atomic E-state index is -4.05. The number of sulfonamides is 1. The number of methoxy groups -OCH3 is 1. The normalized spacial score (nSPS) is 11.6. The third kappa shape index (κ3) is 4.65. The van der Waals surface area contributed by atoms with Crippen LogP contribution in [-0.2, 0) is 14.8 Å². The van der Waals surface area contributed by atoms with Gasteiger partial charge in [0, 0.05) is 18.7 Å². The number of rotatable bonds is 8. The molecule has 1 aromatic carbocycles. The van der Waals surface area contributed by atoms with Crippen LogP contribution in [0.1, 0.15) is 20.8 Å². The summed E-state index contributed by atoms with van der Waals surface area (Å²) in [5, 5.41) is 13.7. The SMILES string of the molecule is CCN(CC(=O)NC(C)C)S(=O)(=O)c1ccc(OC)c([N+](=O)[O-])c1. The van der Waals surface area contributed by atoms with Crippen molar-refractivity contribution in [2.45, 2.75) is 31.7 Å². The maximum Gasteiger partial charge on any atom is 0.312 e. The number of carbonyl (C=O) groups is 1. The van der Waals surface area contributed by atoms with Crippen LogP contribution in [0.2, 0.25) is 0 Å². The first-order valence-electron chi connectivity index (χ1n) is 7.25. The first kappa shape index (κ1) is 19.8. The standard InChI is InChI=1S/C14H21N3O6S/c1-5-16(9-14(18)15-10(2)3)24(21,22)11-6-7-13(23-4)12(8-11)17(19)20/h6-8,10H,5,9H2,1-4H3,(H,15,18). The number of nitro benzene ring substituents is 1. The van der Waals surface area contributed by atoms with Crippen LogP contribution in [0.15, 0.2) is 23.1 Å². The molecule has 1 rings (SSSR count). The molecule has 0 radical (unpaired) electrons. The second kappa shape index (κ2) is 8.06. The smallest absolute Gasteiger partial charge is 0.312 e. The van der Waals surface area contributed by atoms with Gasteiger partial charge in [-0.1, -0.05) is 6.92 Å². The van der Waals surface area contributed by atoms with E-state index in [2.05, 4.69) is 5.32 Å². The average molecular weight is 359 g/mol. The number of carbonyl (C=O) groups excluding carboxylic acids is 1. The van der Waals surface area contributed by atoms with E-state index >= 15 is 0 Å². The zero-order chi connectivity index (χ0) is 18.5. The topological polar surface area (TPSA) is 119 Å². The molecule has 0 heterocycles. The minimum Gasteiger partial charge on any atom is -0.490 e. The highest BCUT2D eigenvalue weighted by Gasteiger charge is 2.28. The van der Waals surface area contributed by atoms with Crippen LogP contribution in [0.5, 0.6) is 5.75 Å². The van der Waals surface area contributed by atoms with Gasteiger partial charge < -0.3 is 10.1 Å². The number of amides is 1. The van der Waals surface area contributed by atoms with Crippen LogP contribution < -0.4 is 10.1 Å². The molecular weight excluding hydrogens is 338 g/mol. The molecule has 0 atom stereocenters. The molecule has 0 aliphatic carbocycles. The highest BCUT2D eigenvalue weighted by atomic mass is 32.2. The Kier molecular flexibility index (Phi) is 6.67. The van der Waals surface area contributed by atoms with Gasteiger partial charge in [-0.3, -0.25) is 14.9 Å². The fourth-order valence-electron chi connectivity index (χ4n) is 2.02. The van der Waals surface area contributed by atoms with Crippen LogP contribution >= 0.6 is 0 Å². The average Bonchev–Trinajstić information content (AvgIpc) is 2.50. The Morgan fingerprint density at radius 2 is 2.04 bits per heavy atom. The van der Waals surface area contributed by atoms with Crippen LogP contribution in [0.25, 0.3) is 0 Å². The van der Waals surface area contributed by atoms with Crippen molar-refractivity contribution in [1.82, 2.24) is 9.62 Å². The van der Waals surface area contributed by atoms with Crippen molar-refractivity contribution in [3.63, 3.8) is 0 Å². The van der Waals surface area contributed by atoms with E-state index in [4.69, 9.17) is 4.74 Å². The molecule has 0 aliphatic heterocycles. The van der Waals surface area contributed by atoms with E-state index in [1.54, 1.807) is 20.8 Å². The van der Waals surface area contributed by atoms with Crippen LogP contribution in [0.4, 0.5) is 5.69 Å². The summed E-state index contributed by atoms with van der Waals surface area (Å²) < 4.78 is 31.1. The van der Waals surface area contributed by atoms with Gasteiger partial charge in [-0.25, -0.2) is 8.42 Å². The number of likely N-dealkylation sites (N-methyl/N-ethyl adjacent to an activating group) is 1. The Morgan fingerprint density at radius 1 is 1.42 bits per heavy atom. The van der Waals surface area contributed by atoms with Crippen LogP contribution in [0, 0.1) is 10.1 Å². The predicted molar refractivity (Wildman–Crippen MR) is 87.4 cm³/mol. The Morgan fingerprint density at radius 3 is 2.50 bits per heavy atom. The zero-order valence-corrected chi connectivity index (χ0v) is 14.8. The molecule has 0 unspecified atom stereocenters. The summed E-state index contributed by atoms with van der Waals surface area (Å²) in [6, 6.07) is 3.23. The minimum absolute atomic E-state index is 0.0421. The zero-order valence-electron chi connectivity index (χ0n) is 14.0. The lowest BCUT2D eigenvalue weighted by Gasteiger charge is -2.20. The van der Waals surface area contributed by atoms with Crippen molar-refractivity contribution >= 4 is 21.6 Å². The monoisotopic (exact) mass is 359 g/mol. The lowest BCUT2D eigenvalue weighted by atomic mass is 10.3. The van der Waals surface area contributed by atoms with Gasteiger partial charge in [0.15, 0.2) is 5.75 Å². The second-order valence-corrected chi connectivity index (χ2v) is 7.18. The van der Waals surface area contributed by atoms with Crippen molar-refractivity contribution in [1.29, 1.82) is 0 Å². The van der Waals surface area contributed by atoms with Crippen LogP contribution in [0.3, 0.4) is 0 Å². The lowest BCUT2D eigenvalue weighted by molar-refractivity contribution is -0.386. The van der Waals surface area contributed by atoms with Crippen molar-refractivity contribution < 1.29 is 22.9 Å². The Labute approximate surface area is 140 Å². The summed E-state index contributed by atoms with van der Waals surface area (Å²) in [7, 11) is -2.80. The molecular formula is C14H21N3O6S. The number of nitrogens with zero attached hydrogens (tertiary/aromatic N) is 2. The first-order valence-corrected chi connectivity index (χ1v) is 8.69. The maximum absolute atomic E-state index is 12.6. The van der Waals surface area contributed by atoms with Crippen molar-refractivity contribution in [2.24, 2.45) is 0 Å². The number of nitrogens with one attached hydrogen (secondary N) is 1. The molecule has 0 aliphatic rings. The third-order valence-corrected chi connectivity index (χ3v) is 5.02. The van der Waals surface area contributed by atoms with Gasteiger partial charge >= 0.3 is 5.69 Å². The Balaban J connectivity index is 3.19. The Hall–Kier alpha value is -2.20. The summed E-state index contributed by atoms with van der Waals surface area (Å²) in [4.78, 5) is 21.9. The first-order chi connectivity index (χ1) is 11.1. The fraction of sp³-hybridized carbons (Fsp3) is 0.500. The summed E-state index contributed by atoms with van der Waals surface area (Å²) >= 11 is 0. The molecule has 0 saturated heterocycles. The highest BCUT2D eigenvalue weighted by Crippen LogP contribution is 2.30. The van der Waals surface area contributed by atoms with Gasteiger partial charge in [0.25, 0.3) is 0 Å². The summed E-state index contributed by atoms with van der Waals surface area (Å²) in [5.74, 6) is -0.488. The molecule has 9 nitrogen and oxygen atoms in total. The molecule has 10 heteroatoms. The van der Waals surface area contributed by atoms with Crippen LogP contribution in [-0.4, -0.2) is 49.8 Å². The largest absolute Gasteiger partial charge is 0.490 e. The fourth-order valence-corrected chi connectivity index (χ4v) is 3.44. The van der Waals surface area contributed by atoms with Gasteiger partial charge in [0.1, 0.15) is 0 Å². The number of hydrogen-bond acceptors (Lipinski definition) is 6. The third-order valence-electron chi connectivity index (χ3n) is 3.11. The molecule has 134 valence electrons. The van der Waals surface area contributed by atoms with Gasteiger partial charge in [-0.05, 0) is 26.0 Å². The molecule has 24 heavy (non-hydrogen) atoms. The quantitative estimate of drug-likeness (QED) is 0.549. The van der Waals surface area contributed by atoms with E-state index in [0.717, 1.165) is 10.4 Å². The molecule has 0 fully saturated rings. The van der Waals surface area contributed by atoms with E-state index in [0.29, 0.717) is 0 Å². The second-order valence-electron chi connectivity index (χ2n) is 5.24. The predicted octanol–water partition coefficient (Wildman–Crippen LogP) is 1.14. The van der Waals surface area contributed by atoms with Crippen molar-refractivity contribution in [3.05, 3.63) is 28.3 Å². The molecule has 1 N–H and O–H groups in total. The molecule has 0 saturated carbocycles. The lowest BCUT2D eigenvalue weighted by Crippen LogP contribution is -2.42. The van der Waals surface area contributed by atoms with Gasteiger partial charge in [-0.2, -0.15) is 4.31 Å². The molecule has 0 bridgehead atoms. The van der Waals surface area contributed by atoms with Gasteiger partial charge in [0.05, 0.1) is 23.5 Å².